The van der Waals surface area contributed by atoms with Crippen LogP contribution >= 0.6 is 11.8 Å². The molecule has 0 aliphatic heterocycles. The third-order valence-electron chi connectivity index (χ3n) is 2.37. The third-order valence-corrected chi connectivity index (χ3v) is 2.92. The van der Waals surface area contributed by atoms with Crippen LogP contribution in [-0.2, 0) is 5.75 Å². The molecule has 17 heavy (non-hydrogen) atoms. The monoisotopic (exact) mass is 245 g/mol. The maximum absolute atomic E-state index is 4.57. The van der Waals surface area contributed by atoms with E-state index in [-0.39, 0.29) is 0 Å². The van der Waals surface area contributed by atoms with E-state index < -0.39 is 0 Å². The molecule has 0 unspecified atom stereocenters. The number of aromatic nitrogens is 2. The number of hydrogen-bond donors (Lipinski definition) is 1. The molecule has 1 heterocycles. The van der Waals surface area contributed by atoms with Gasteiger partial charge in [0.25, 0.3) is 0 Å². The summed E-state index contributed by atoms with van der Waals surface area (Å²) in [6, 6.07) is 12.1. The number of nitrogens with zero attached hydrogens (tertiary/aromatic N) is 2. The first-order chi connectivity index (χ1) is 8.33. The first-order valence-corrected chi connectivity index (χ1v) is 6.83. The smallest absolute Gasteiger partial charge is 0.141 e. The van der Waals surface area contributed by atoms with Crippen LogP contribution in [0.3, 0.4) is 0 Å². The van der Waals surface area contributed by atoms with Crippen LogP contribution in [0.2, 0.25) is 0 Å². The summed E-state index contributed by atoms with van der Waals surface area (Å²) in [6.45, 7) is 0. The normalized spacial score (nSPS) is 10.2. The Balaban J connectivity index is 2.43. The summed E-state index contributed by atoms with van der Waals surface area (Å²) >= 11 is 1.73. The highest BCUT2D eigenvalue weighted by Crippen LogP contribution is 2.20. The minimum absolute atomic E-state index is 0.829. The van der Waals surface area contributed by atoms with Gasteiger partial charge >= 0.3 is 0 Å². The molecule has 1 aromatic carbocycles. The Bertz CT molecular complexity index is 485. The van der Waals surface area contributed by atoms with E-state index in [2.05, 4.69) is 33.7 Å². The minimum Gasteiger partial charge on any atom is -0.373 e. The zero-order chi connectivity index (χ0) is 12.1. The Kier molecular flexibility index (Phi) is 3.98. The van der Waals surface area contributed by atoms with Gasteiger partial charge in [-0.25, -0.2) is 9.97 Å². The van der Waals surface area contributed by atoms with Crippen LogP contribution in [0, 0.1) is 0 Å². The molecule has 1 aromatic heterocycles. The summed E-state index contributed by atoms with van der Waals surface area (Å²) < 4.78 is 0. The van der Waals surface area contributed by atoms with Gasteiger partial charge in [0, 0.05) is 18.7 Å². The molecule has 0 radical (unpaired) electrons. The van der Waals surface area contributed by atoms with Crippen LogP contribution in [-0.4, -0.2) is 23.3 Å². The van der Waals surface area contributed by atoms with Crippen LogP contribution in [0.1, 0.15) is 5.82 Å². The van der Waals surface area contributed by atoms with Crippen LogP contribution in [0.4, 0.5) is 5.82 Å². The van der Waals surface area contributed by atoms with Gasteiger partial charge in [-0.3, -0.25) is 0 Å². The molecule has 4 heteroatoms. The number of thioether (sulfide) groups is 1. The van der Waals surface area contributed by atoms with Crippen molar-refractivity contribution in [2.24, 2.45) is 0 Å². The van der Waals surface area contributed by atoms with E-state index >= 15 is 0 Å². The van der Waals surface area contributed by atoms with Gasteiger partial charge < -0.3 is 5.32 Å². The topological polar surface area (TPSA) is 37.8 Å². The van der Waals surface area contributed by atoms with E-state index in [1.54, 1.807) is 11.8 Å². The molecule has 3 nitrogen and oxygen atoms in total. The van der Waals surface area contributed by atoms with Crippen molar-refractivity contribution >= 4 is 17.6 Å². The van der Waals surface area contributed by atoms with Gasteiger partial charge in [0.05, 0.1) is 11.4 Å². The van der Waals surface area contributed by atoms with E-state index in [4.69, 9.17) is 0 Å². The Morgan fingerprint density at radius 3 is 2.59 bits per heavy atom. The first kappa shape index (κ1) is 11.9. The number of benzene rings is 1. The summed E-state index contributed by atoms with van der Waals surface area (Å²) in [5.74, 6) is 2.56. The molecule has 2 aromatic rings. The summed E-state index contributed by atoms with van der Waals surface area (Å²) in [5.41, 5.74) is 2.09. The van der Waals surface area contributed by atoms with Crippen molar-refractivity contribution in [3.63, 3.8) is 0 Å². The van der Waals surface area contributed by atoms with Crippen molar-refractivity contribution in [1.82, 2.24) is 9.97 Å². The average Bonchev–Trinajstić information content (AvgIpc) is 2.40. The molecule has 0 spiro atoms. The molecular formula is C13H15N3S. The Labute approximate surface area is 106 Å². The Morgan fingerprint density at radius 1 is 1.18 bits per heavy atom. The molecule has 0 saturated carbocycles. The predicted molar refractivity (Wildman–Crippen MR) is 74.2 cm³/mol. The molecule has 0 amide bonds. The molecule has 0 saturated heterocycles. The fraction of sp³-hybridized carbons (Fsp3) is 0.231. The maximum atomic E-state index is 4.57. The quantitative estimate of drug-likeness (QED) is 0.898. The highest BCUT2D eigenvalue weighted by molar-refractivity contribution is 7.97. The SMILES string of the molecule is CNc1cc(-c2ccccc2)nc(CSC)n1. The summed E-state index contributed by atoms with van der Waals surface area (Å²) in [7, 11) is 1.87. The van der Waals surface area contributed by atoms with E-state index in [1.807, 2.05) is 31.3 Å². The molecule has 0 atom stereocenters. The van der Waals surface area contributed by atoms with Crippen molar-refractivity contribution in [1.29, 1.82) is 0 Å². The molecular weight excluding hydrogens is 230 g/mol. The zero-order valence-electron chi connectivity index (χ0n) is 9.97. The standard InChI is InChI=1S/C13H15N3S/c1-14-12-8-11(10-6-4-3-5-7-10)15-13(16-12)9-17-2/h3-8H,9H2,1-2H3,(H,14,15,16). The highest BCUT2D eigenvalue weighted by Gasteiger charge is 2.05. The van der Waals surface area contributed by atoms with Gasteiger partial charge in [-0.2, -0.15) is 11.8 Å². The van der Waals surface area contributed by atoms with Crippen LogP contribution in [0.5, 0.6) is 0 Å². The van der Waals surface area contributed by atoms with E-state index in [9.17, 15) is 0 Å². The number of anilines is 1. The van der Waals surface area contributed by atoms with Crippen molar-refractivity contribution < 1.29 is 0 Å². The molecule has 2 rings (SSSR count). The average molecular weight is 245 g/mol. The summed E-state index contributed by atoms with van der Waals surface area (Å²) in [6.07, 6.45) is 2.05. The molecule has 0 fully saturated rings. The van der Waals surface area contributed by atoms with Crippen molar-refractivity contribution in [3.05, 3.63) is 42.2 Å². The van der Waals surface area contributed by atoms with Crippen LogP contribution in [0.25, 0.3) is 11.3 Å². The van der Waals surface area contributed by atoms with Crippen molar-refractivity contribution in [3.8, 4) is 11.3 Å². The molecule has 0 bridgehead atoms. The second-order valence-corrected chi connectivity index (χ2v) is 4.47. The minimum atomic E-state index is 0.829. The largest absolute Gasteiger partial charge is 0.373 e. The lowest BCUT2D eigenvalue weighted by Crippen LogP contribution is -2.00. The zero-order valence-corrected chi connectivity index (χ0v) is 10.8. The van der Waals surface area contributed by atoms with Crippen LogP contribution in [0.15, 0.2) is 36.4 Å². The van der Waals surface area contributed by atoms with Gasteiger partial charge in [-0.1, -0.05) is 30.3 Å². The fourth-order valence-electron chi connectivity index (χ4n) is 1.58. The molecule has 88 valence electrons. The van der Waals surface area contributed by atoms with E-state index in [0.717, 1.165) is 28.7 Å². The molecule has 0 aliphatic rings. The van der Waals surface area contributed by atoms with E-state index in [0.29, 0.717) is 0 Å². The fourth-order valence-corrected chi connectivity index (χ4v) is 1.96. The lowest BCUT2D eigenvalue weighted by atomic mass is 10.1. The summed E-state index contributed by atoms with van der Waals surface area (Å²) in [4.78, 5) is 8.99. The number of hydrogen-bond acceptors (Lipinski definition) is 4. The van der Waals surface area contributed by atoms with Crippen LogP contribution < -0.4 is 5.32 Å². The lowest BCUT2D eigenvalue weighted by molar-refractivity contribution is 1.04. The predicted octanol–water partition coefficient (Wildman–Crippen LogP) is 3.05. The highest BCUT2D eigenvalue weighted by atomic mass is 32.2. The van der Waals surface area contributed by atoms with Gasteiger partial charge in [-0.15, -0.1) is 0 Å². The second kappa shape index (κ2) is 5.68. The first-order valence-electron chi connectivity index (χ1n) is 5.43. The molecule has 1 N–H and O–H groups in total. The van der Waals surface area contributed by atoms with Gasteiger partial charge in [0.15, 0.2) is 0 Å². The number of nitrogens with one attached hydrogen (secondary N) is 1. The Morgan fingerprint density at radius 2 is 1.94 bits per heavy atom. The van der Waals surface area contributed by atoms with Gasteiger partial charge in [0.1, 0.15) is 11.6 Å². The maximum Gasteiger partial charge on any atom is 0.141 e. The molecule has 0 aliphatic carbocycles. The lowest BCUT2D eigenvalue weighted by Gasteiger charge is -2.07. The second-order valence-electron chi connectivity index (χ2n) is 3.60. The van der Waals surface area contributed by atoms with Gasteiger partial charge in [-0.05, 0) is 6.26 Å². The summed E-state index contributed by atoms with van der Waals surface area (Å²) in [5, 5.41) is 3.08. The van der Waals surface area contributed by atoms with Gasteiger partial charge in [0.2, 0.25) is 0 Å². The van der Waals surface area contributed by atoms with Crippen molar-refractivity contribution in [2.45, 2.75) is 5.75 Å². The third kappa shape index (κ3) is 2.97. The number of rotatable bonds is 4. The Hall–Kier alpha value is -1.55. The van der Waals surface area contributed by atoms with E-state index in [1.165, 1.54) is 0 Å². The van der Waals surface area contributed by atoms with Crippen molar-refractivity contribution in [2.75, 3.05) is 18.6 Å².